The summed E-state index contributed by atoms with van der Waals surface area (Å²) in [6.45, 7) is -1.22. The molecular formula is C10H14N2O2. The molecular weight excluding hydrogens is 180 g/mol. The third-order valence-corrected chi connectivity index (χ3v) is 2.07. The van der Waals surface area contributed by atoms with E-state index < -0.39 is 19.1 Å². The van der Waals surface area contributed by atoms with Crippen molar-refractivity contribution in [2.24, 2.45) is 5.29 Å². The minimum atomic E-state index is -2.66. The maximum absolute atomic E-state index is 10.5. The zero-order valence-corrected chi connectivity index (χ0v) is 7.79. The summed E-state index contributed by atoms with van der Waals surface area (Å²) in [6, 6.07) is 7.61. The summed E-state index contributed by atoms with van der Waals surface area (Å²) >= 11 is 0. The van der Waals surface area contributed by atoms with Crippen LogP contribution in [0.15, 0.2) is 35.6 Å². The second-order valence-electron chi connectivity index (χ2n) is 3.02. The zero-order valence-electron chi connectivity index (χ0n) is 10.8. The van der Waals surface area contributed by atoms with E-state index in [4.69, 9.17) is 4.11 Å². The van der Waals surface area contributed by atoms with Crippen molar-refractivity contribution in [1.82, 2.24) is 5.01 Å². The van der Waals surface area contributed by atoms with E-state index in [1.54, 1.807) is 30.3 Å². The zero-order chi connectivity index (χ0) is 13.1. The molecule has 1 aromatic rings. The van der Waals surface area contributed by atoms with Crippen LogP contribution in [-0.2, 0) is 0 Å². The third kappa shape index (κ3) is 2.29. The predicted molar refractivity (Wildman–Crippen MR) is 54.4 cm³/mol. The van der Waals surface area contributed by atoms with E-state index in [0.717, 1.165) is 0 Å². The minimum Gasteiger partial charge on any atom is -0.386 e. The van der Waals surface area contributed by atoms with E-state index >= 15 is 0 Å². The monoisotopic (exact) mass is 197 g/mol. The molecule has 1 N–H and O–H groups in total. The molecule has 0 aliphatic rings. The molecule has 1 aromatic carbocycles. The first-order valence-corrected chi connectivity index (χ1v) is 4.23. The molecule has 0 radical (unpaired) electrons. The van der Waals surface area contributed by atoms with Gasteiger partial charge in [0.05, 0.1) is 11.3 Å². The van der Waals surface area contributed by atoms with Gasteiger partial charge >= 0.3 is 0 Å². The van der Waals surface area contributed by atoms with Crippen LogP contribution in [0.3, 0.4) is 0 Å². The van der Waals surface area contributed by atoms with Gasteiger partial charge in [-0.25, -0.2) is 0 Å². The molecule has 2 atom stereocenters. The lowest BCUT2D eigenvalue weighted by Gasteiger charge is -2.23. The van der Waals surface area contributed by atoms with Gasteiger partial charge in [0.15, 0.2) is 0 Å². The van der Waals surface area contributed by atoms with E-state index in [2.05, 4.69) is 5.29 Å². The van der Waals surface area contributed by atoms with Crippen molar-refractivity contribution in [2.75, 3.05) is 6.98 Å². The van der Waals surface area contributed by atoms with Crippen molar-refractivity contribution >= 4 is 0 Å². The van der Waals surface area contributed by atoms with Crippen molar-refractivity contribution in [3.05, 3.63) is 40.8 Å². The minimum absolute atomic E-state index is 0.394. The summed E-state index contributed by atoms with van der Waals surface area (Å²) in [6.07, 6.45) is -1.09. The molecule has 4 heteroatoms. The Hall–Kier alpha value is -1.42. The van der Waals surface area contributed by atoms with Gasteiger partial charge in [0.25, 0.3) is 0 Å². The lowest BCUT2D eigenvalue weighted by atomic mass is 10.0. The van der Waals surface area contributed by atoms with Crippen LogP contribution in [0.2, 0.25) is 0 Å². The number of hydrogen-bond acceptors (Lipinski definition) is 3. The molecule has 0 saturated carbocycles. The van der Waals surface area contributed by atoms with Crippen molar-refractivity contribution in [1.29, 1.82) is 0 Å². The van der Waals surface area contributed by atoms with Gasteiger partial charge < -0.3 is 5.11 Å². The second kappa shape index (κ2) is 4.72. The number of nitroso groups, excluding NO2 is 1. The highest BCUT2D eigenvalue weighted by atomic mass is 16.3. The van der Waals surface area contributed by atoms with Gasteiger partial charge in [-0.2, -0.15) is 0 Å². The molecule has 0 aliphatic carbocycles. The predicted octanol–water partition coefficient (Wildman–Crippen LogP) is 1.72. The Morgan fingerprint density at radius 2 is 2.14 bits per heavy atom. The average molecular weight is 197 g/mol. The van der Waals surface area contributed by atoms with Crippen molar-refractivity contribution in [3.63, 3.8) is 0 Å². The summed E-state index contributed by atoms with van der Waals surface area (Å²) in [5.74, 6) is 0. The largest absolute Gasteiger partial charge is 0.386 e. The second-order valence-corrected chi connectivity index (χ2v) is 3.02. The van der Waals surface area contributed by atoms with Crippen molar-refractivity contribution in [3.8, 4) is 0 Å². The number of rotatable bonds is 4. The number of aliphatic hydroxyl groups excluding tert-OH is 1. The van der Waals surface area contributed by atoms with Crippen molar-refractivity contribution < 1.29 is 9.22 Å². The topological polar surface area (TPSA) is 52.9 Å². The molecule has 0 spiro atoms. The summed E-state index contributed by atoms with van der Waals surface area (Å²) in [4.78, 5) is 10.5. The molecule has 0 aliphatic heterocycles. The number of likely N-dealkylation sites (N-methyl/N-ethyl adjacent to an activating group) is 1. The summed E-state index contributed by atoms with van der Waals surface area (Å²) in [7, 11) is 0. The smallest absolute Gasteiger partial charge is 0.101 e. The quantitative estimate of drug-likeness (QED) is 0.590. The number of aliphatic hydroxyl groups is 1. The van der Waals surface area contributed by atoms with E-state index in [1.807, 2.05) is 0 Å². The van der Waals surface area contributed by atoms with Crippen LogP contribution in [0.5, 0.6) is 0 Å². The molecule has 0 bridgehead atoms. The fourth-order valence-electron chi connectivity index (χ4n) is 1.14. The lowest BCUT2D eigenvalue weighted by Crippen LogP contribution is -2.29. The van der Waals surface area contributed by atoms with E-state index in [0.29, 0.717) is 10.6 Å². The van der Waals surface area contributed by atoms with Gasteiger partial charge in [-0.15, -0.1) is 4.91 Å². The molecule has 1 rings (SSSR count). The maximum Gasteiger partial charge on any atom is 0.101 e. The molecule has 0 unspecified atom stereocenters. The molecule has 0 amide bonds. The van der Waals surface area contributed by atoms with Gasteiger partial charge in [0, 0.05) is 11.1 Å². The summed E-state index contributed by atoms with van der Waals surface area (Å²) < 4.78 is 21.4. The van der Waals surface area contributed by atoms with Crippen LogP contribution in [0.25, 0.3) is 0 Å². The average Bonchev–Trinajstić information content (AvgIpc) is 2.28. The van der Waals surface area contributed by atoms with Gasteiger partial charge in [-0.05, 0) is 12.5 Å². The Morgan fingerprint density at radius 3 is 2.64 bits per heavy atom. The first kappa shape index (κ1) is 6.95. The Kier molecular flexibility index (Phi) is 2.34. The number of nitrogens with zero attached hydrogens (tertiary/aromatic N) is 2. The van der Waals surface area contributed by atoms with Crippen molar-refractivity contribution in [2.45, 2.75) is 19.1 Å². The van der Waals surface area contributed by atoms with Gasteiger partial charge in [-0.3, -0.25) is 5.01 Å². The summed E-state index contributed by atoms with van der Waals surface area (Å²) in [5, 5.41) is 12.8. The molecule has 0 fully saturated rings. The highest BCUT2D eigenvalue weighted by Crippen LogP contribution is 2.19. The Balaban J connectivity index is 2.89. The van der Waals surface area contributed by atoms with Gasteiger partial charge in [0.1, 0.15) is 6.10 Å². The Labute approximate surface area is 87.3 Å². The fraction of sp³-hybridized carbons (Fsp3) is 0.400. The van der Waals surface area contributed by atoms with E-state index in [1.165, 1.54) is 6.92 Å². The third-order valence-electron chi connectivity index (χ3n) is 2.07. The highest BCUT2D eigenvalue weighted by molar-refractivity contribution is 5.18. The molecule has 4 nitrogen and oxygen atoms in total. The van der Waals surface area contributed by atoms with Gasteiger partial charge in [0.2, 0.25) is 0 Å². The van der Waals surface area contributed by atoms with Crippen LogP contribution >= 0.6 is 0 Å². The molecule has 0 heterocycles. The molecule has 14 heavy (non-hydrogen) atoms. The maximum atomic E-state index is 10.5. The summed E-state index contributed by atoms with van der Waals surface area (Å²) in [5.41, 5.74) is 0.540. The Bertz CT molecular complexity index is 370. The first-order valence-electron chi connectivity index (χ1n) is 5.73. The standard InChI is InChI=1S/C10H14N2O2/c1-8(12(2)11-14)10(13)9-6-4-3-5-7-9/h3-8,10,13H,1-2H3/t8-,10+/m0/s1/i2D3. The lowest BCUT2D eigenvalue weighted by molar-refractivity contribution is 0.0733. The number of benzene rings is 1. The van der Waals surface area contributed by atoms with Crippen LogP contribution in [-0.4, -0.2) is 23.1 Å². The molecule has 0 saturated heterocycles. The van der Waals surface area contributed by atoms with Gasteiger partial charge in [-0.1, -0.05) is 30.3 Å². The van der Waals surface area contributed by atoms with Crippen LogP contribution in [0.4, 0.5) is 0 Å². The fourth-order valence-corrected chi connectivity index (χ4v) is 1.14. The highest BCUT2D eigenvalue weighted by Gasteiger charge is 2.19. The van der Waals surface area contributed by atoms with E-state index in [-0.39, 0.29) is 0 Å². The normalized spacial score (nSPS) is 18.6. The SMILES string of the molecule is [2H]C([2H])([2H])N(N=O)[C@@H](C)[C@@H](O)c1ccccc1. The van der Waals surface area contributed by atoms with Crippen LogP contribution in [0.1, 0.15) is 22.7 Å². The first-order chi connectivity index (χ1) is 7.88. The molecule has 76 valence electrons. The van der Waals surface area contributed by atoms with E-state index in [9.17, 15) is 10.0 Å². The molecule has 0 aromatic heterocycles. The Morgan fingerprint density at radius 1 is 1.50 bits per heavy atom. The van der Waals surface area contributed by atoms with Crippen LogP contribution < -0.4 is 0 Å². The number of hydrogen-bond donors (Lipinski definition) is 1. The van der Waals surface area contributed by atoms with Crippen LogP contribution in [0, 0.1) is 4.91 Å².